The second-order valence-electron chi connectivity index (χ2n) is 8.47. The van der Waals surface area contributed by atoms with E-state index in [1.165, 1.54) is 0 Å². The van der Waals surface area contributed by atoms with E-state index in [4.69, 9.17) is 0 Å². The average molecular weight is 392 g/mol. The smallest absolute Gasteiger partial charge is 0.254 e. The minimum Gasteiger partial charge on any atom is -0.329 e. The van der Waals surface area contributed by atoms with Gasteiger partial charge in [-0.05, 0) is 56.4 Å². The number of hydrogen-bond donors (Lipinski definition) is 1. The first-order valence-corrected chi connectivity index (χ1v) is 10.6. The van der Waals surface area contributed by atoms with Crippen molar-refractivity contribution >= 4 is 17.6 Å². The van der Waals surface area contributed by atoms with Crippen molar-refractivity contribution in [3.63, 3.8) is 0 Å². The van der Waals surface area contributed by atoms with Crippen LogP contribution in [0.2, 0.25) is 0 Å². The van der Waals surface area contributed by atoms with E-state index in [9.17, 15) is 9.59 Å². The topological polar surface area (TPSA) is 62.3 Å². The van der Waals surface area contributed by atoms with E-state index in [1.54, 1.807) is 6.20 Å². The standard InChI is InChI=1S/C24H29N3O2/c1-4-17(3)27-23(29)19-10-6-5-9-18(19)21(24(27)13-7-8-14-24)22(28)26-20-12-11-16(2)15-25-20/h5-6,9-12,15,17,21H,4,7-8,13-14H2,1-3H3,(H,25,26,28). The van der Waals surface area contributed by atoms with E-state index in [1.807, 2.05) is 48.2 Å². The summed E-state index contributed by atoms with van der Waals surface area (Å²) in [5, 5.41) is 3.04. The number of hydrogen-bond acceptors (Lipinski definition) is 3. The van der Waals surface area contributed by atoms with Crippen molar-refractivity contribution in [2.75, 3.05) is 5.32 Å². The molecular formula is C24H29N3O2. The van der Waals surface area contributed by atoms with Gasteiger partial charge in [0.15, 0.2) is 0 Å². The summed E-state index contributed by atoms with van der Waals surface area (Å²) in [4.78, 5) is 33.6. The van der Waals surface area contributed by atoms with Crippen molar-refractivity contribution in [2.45, 2.75) is 70.4 Å². The van der Waals surface area contributed by atoms with E-state index in [0.29, 0.717) is 11.4 Å². The van der Waals surface area contributed by atoms with Crippen molar-refractivity contribution in [3.8, 4) is 0 Å². The van der Waals surface area contributed by atoms with Gasteiger partial charge in [-0.2, -0.15) is 0 Å². The quantitative estimate of drug-likeness (QED) is 0.823. The molecule has 2 heterocycles. The maximum atomic E-state index is 13.7. The lowest BCUT2D eigenvalue weighted by atomic mass is 9.70. The van der Waals surface area contributed by atoms with Crippen molar-refractivity contribution < 1.29 is 9.59 Å². The van der Waals surface area contributed by atoms with Crippen LogP contribution in [0, 0.1) is 6.92 Å². The minimum absolute atomic E-state index is 0.0642. The molecule has 2 amide bonds. The fraction of sp³-hybridized carbons (Fsp3) is 0.458. The van der Waals surface area contributed by atoms with E-state index in [0.717, 1.165) is 43.2 Å². The number of carbonyl (C=O) groups excluding carboxylic acids is 2. The molecule has 1 aromatic heterocycles. The molecule has 0 radical (unpaired) electrons. The highest BCUT2D eigenvalue weighted by molar-refractivity contribution is 6.05. The highest BCUT2D eigenvalue weighted by Crippen LogP contribution is 2.51. The summed E-state index contributed by atoms with van der Waals surface area (Å²) in [7, 11) is 0. The molecule has 152 valence electrons. The number of benzene rings is 1. The Balaban J connectivity index is 1.82. The molecule has 29 heavy (non-hydrogen) atoms. The Morgan fingerprint density at radius 1 is 1.24 bits per heavy atom. The fourth-order valence-electron chi connectivity index (χ4n) is 5.17. The number of aromatic nitrogens is 1. The van der Waals surface area contributed by atoms with Crippen LogP contribution in [-0.4, -0.2) is 33.3 Å². The molecule has 1 aliphatic carbocycles. The van der Waals surface area contributed by atoms with E-state index < -0.39 is 11.5 Å². The van der Waals surface area contributed by atoms with Crippen LogP contribution in [0.15, 0.2) is 42.6 Å². The summed E-state index contributed by atoms with van der Waals surface area (Å²) in [6.45, 7) is 6.17. The first kappa shape index (κ1) is 19.6. The predicted molar refractivity (Wildman–Crippen MR) is 114 cm³/mol. The van der Waals surface area contributed by atoms with Crippen LogP contribution in [0.4, 0.5) is 5.82 Å². The summed E-state index contributed by atoms with van der Waals surface area (Å²) in [6.07, 6.45) is 6.41. The Morgan fingerprint density at radius 2 is 1.97 bits per heavy atom. The Morgan fingerprint density at radius 3 is 2.62 bits per heavy atom. The number of anilines is 1. The monoisotopic (exact) mass is 391 g/mol. The zero-order chi connectivity index (χ0) is 20.6. The Bertz CT molecular complexity index is 916. The number of pyridine rings is 1. The normalized spacial score (nSPS) is 21.1. The number of amides is 2. The largest absolute Gasteiger partial charge is 0.329 e. The first-order valence-electron chi connectivity index (χ1n) is 10.6. The summed E-state index contributed by atoms with van der Waals surface area (Å²) in [6, 6.07) is 11.5. The minimum atomic E-state index is -0.463. The molecule has 1 aromatic carbocycles. The molecule has 2 aliphatic rings. The number of rotatable bonds is 4. The van der Waals surface area contributed by atoms with Crippen LogP contribution in [0.25, 0.3) is 0 Å². The third-order valence-electron chi connectivity index (χ3n) is 6.66. The summed E-state index contributed by atoms with van der Waals surface area (Å²) < 4.78 is 0. The molecule has 2 atom stereocenters. The zero-order valence-electron chi connectivity index (χ0n) is 17.4. The summed E-state index contributed by atoms with van der Waals surface area (Å²) in [5.41, 5.74) is 2.09. The van der Waals surface area contributed by atoms with Gasteiger partial charge in [-0.1, -0.05) is 44.0 Å². The van der Waals surface area contributed by atoms with Gasteiger partial charge >= 0.3 is 0 Å². The van der Waals surface area contributed by atoms with Crippen molar-refractivity contribution in [3.05, 3.63) is 59.3 Å². The van der Waals surface area contributed by atoms with Crippen LogP contribution < -0.4 is 5.32 Å². The summed E-state index contributed by atoms with van der Waals surface area (Å²) >= 11 is 0. The van der Waals surface area contributed by atoms with Crippen molar-refractivity contribution in [1.82, 2.24) is 9.88 Å². The van der Waals surface area contributed by atoms with E-state index in [-0.39, 0.29) is 17.9 Å². The zero-order valence-corrected chi connectivity index (χ0v) is 17.4. The van der Waals surface area contributed by atoms with Gasteiger partial charge in [0.2, 0.25) is 5.91 Å². The van der Waals surface area contributed by atoms with Gasteiger partial charge in [0.05, 0.1) is 11.5 Å². The van der Waals surface area contributed by atoms with Crippen molar-refractivity contribution in [2.24, 2.45) is 0 Å². The van der Waals surface area contributed by atoms with Gasteiger partial charge in [0, 0.05) is 17.8 Å². The van der Waals surface area contributed by atoms with Gasteiger partial charge in [0.25, 0.3) is 5.91 Å². The predicted octanol–water partition coefficient (Wildman–Crippen LogP) is 4.68. The number of carbonyl (C=O) groups is 2. The molecule has 2 unspecified atom stereocenters. The molecule has 1 spiro atoms. The van der Waals surface area contributed by atoms with Gasteiger partial charge in [-0.25, -0.2) is 4.98 Å². The molecule has 1 fully saturated rings. The fourth-order valence-corrected chi connectivity index (χ4v) is 5.17. The molecule has 1 aliphatic heterocycles. The van der Waals surface area contributed by atoms with Crippen LogP contribution in [0.3, 0.4) is 0 Å². The highest BCUT2D eigenvalue weighted by atomic mass is 16.2. The third kappa shape index (κ3) is 3.22. The second-order valence-corrected chi connectivity index (χ2v) is 8.47. The maximum Gasteiger partial charge on any atom is 0.254 e. The highest BCUT2D eigenvalue weighted by Gasteiger charge is 2.56. The second kappa shape index (κ2) is 7.62. The number of nitrogens with zero attached hydrogens (tertiary/aromatic N) is 2. The SMILES string of the molecule is CCC(C)N1C(=O)c2ccccc2C(C(=O)Nc2ccc(C)cn2)C12CCCC2. The van der Waals surface area contributed by atoms with E-state index in [2.05, 4.69) is 24.1 Å². The van der Waals surface area contributed by atoms with Crippen LogP contribution in [0.5, 0.6) is 0 Å². The average Bonchev–Trinajstić information content (AvgIpc) is 3.19. The Labute approximate surface area is 172 Å². The Kier molecular flexibility index (Phi) is 5.15. The molecule has 0 saturated heterocycles. The van der Waals surface area contributed by atoms with Gasteiger partial charge in [-0.15, -0.1) is 0 Å². The third-order valence-corrected chi connectivity index (χ3v) is 6.66. The van der Waals surface area contributed by atoms with Crippen LogP contribution in [0.1, 0.15) is 73.4 Å². The van der Waals surface area contributed by atoms with Crippen LogP contribution in [-0.2, 0) is 4.79 Å². The lowest BCUT2D eigenvalue weighted by Crippen LogP contribution is -2.62. The molecule has 5 heteroatoms. The van der Waals surface area contributed by atoms with Gasteiger partial charge < -0.3 is 10.2 Å². The molecular weight excluding hydrogens is 362 g/mol. The number of aryl methyl sites for hydroxylation is 1. The molecule has 0 bridgehead atoms. The summed E-state index contributed by atoms with van der Waals surface area (Å²) in [5.74, 6) is 0.153. The van der Waals surface area contributed by atoms with Gasteiger partial charge in [0.1, 0.15) is 5.82 Å². The molecule has 4 rings (SSSR count). The van der Waals surface area contributed by atoms with Crippen LogP contribution >= 0.6 is 0 Å². The number of fused-ring (bicyclic) bond motifs is 1. The maximum absolute atomic E-state index is 13.7. The molecule has 2 aromatic rings. The molecule has 5 nitrogen and oxygen atoms in total. The number of nitrogens with one attached hydrogen (secondary N) is 1. The molecule has 1 saturated carbocycles. The lowest BCUT2D eigenvalue weighted by molar-refractivity contribution is -0.121. The lowest BCUT2D eigenvalue weighted by Gasteiger charge is -2.52. The first-order chi connectivity index (χ1) is 14.0. The van der Waals surface area contributed by atoms with Crippen molar-refractivity contribution in [1.29, 1.82) is 0 Å². The van der Waals surface area contributed by atoms with Gasteiger partial charge in [-0.3, -0.25) is 9.59 Å². The Hall–Kier alpha value is -2.69. The molecule has 1 N–H and O–H groups in total. The van der Waals surface area contributed by atoms with E-state index >= 15 is 0 Å².